The Balaban J connectivity index is 1.81. The second kappa shape index (κ2) is 10.9. The Morgan fingerprint density at radius 1 is 0.974 bits per heavy atom. The zero-order valence-corrected chi connectivity index (χ0v) is 20.6. The number of rotatable bonds is 8. The highest BCUT2D eigenvalue weighted by atomic mass is 19.4. The fourth-order valence-corrected chi connectivity index (χ4v) is 4.18. The normalized spacial score (nSPS) is 12.2. The number of carbonyl (C=O) groups is 1. The topological polar surface area (TPSA) is 78.7 Å². The zero-order valence-electron chi connectivity index (χ0n) is 20.6. The minimum absolute atomic E-state index is 0.0144. The molecule has 0 saturated carbocycles. The summed E-state index contributed by atoms with van der Waals surface area (Å²) in [5.74, 6) is -0.462. The van der Waals surface area contributed by atoms with E-state index in [1.54, 1.807) is 13.0 Å². The maximum Gasteiger partial charge on any atom is 0.416 e. The molecule has 0 aliphatic carbocycles. The van der Waals surface area contributed by atoms with E-state index in [9.17, 15) is 28.1 Å². The molecule has 0 saturated heterocycles. The lowest BCUT2D eigenvalue weighted by molar-refractivity contribution is -0.386. The number of methoxy groups -OCH3 is 1. The Labute approximate surface area is 216 Å². The summed E-state index contributed by atoms with van der Waals surface area (Å²) < 4.78 is 49.8. The third kappa shape index (κ3) is 5.94. The monoisotopic (exact) mass is 523 g/mol. The van der Waals surface area contributed by atoms with Crippen molar-refractivity contribution in [2.75, 3.05) is 7.11 Å². The lowest BCUT2D eigenvalue weighted by Gasteiger charge is -2.20. The first-order valence-electron chi connectivity index (χ1n) is 11.8. The van der Waals surface area contributed by atoms with Gasteiger partial charge in [0.05, 0.1) is 17.6 Å². The molecule has 1 atom stereocenters. The number of nitrogens with zero attached hydrogens (tertiary/aromatic N) is 1. The minimum Gasteiger partial charge on any atom is -0.478 e. The molecule has 4 aromatic rings. The van der Waals surface area contributed by atoms with Crippen LogP contribution in [0.2, 0.25) is 0 Å². The molecule has 0 aliphatic rings. The lowest BCUT2D eigenvalue weighted by atomic mass is 9.96. The Bertz CT molecular complexity index is 1480. The van der Waals surface area contributed by atoms with Crippen LogP contribution in [0.5, 0.6) is 5.75 Å². The smallest absolute Gasteiger partial charge is 0.416 e. The molecule has 6 nitrogen and oxygen atoms in total. The van der Waals surface area contributed by atoms with Gasteiger partial charge in [-0.2, -0.15) is 13.2 Å². The summed E-state index contributed by atoms with van der Waals surface area (Å²) in [6.45, 7) is 1.61. The molecule has 0 fully saturated rings. The molecule has 0 amide bonds. The van der Waals surface area contributed by atoms with Gasteiger partial charge in [0.1, 0.15) is 6.10 Å². The third-order valence-corrected chi connectivity index (χ3v) is 6.23. The van der Waals surface area contributed by atoms with E-state index in [1.807, 2.05) is 42.5 Å². The van der Waals surface area contributed by atoms with E-state index >= 15 is 0 Å². The van der Waals surface area contributed by atoms with Gasteiger partial charge in [0.25, 0.3) is 0 Å². The van der Waals surface area contributed by atoms with Crippen molar-refractivity contribution in [3.05, 3.63) is 106 Å². The summed E-state index contributed by atoms with van der Waals surface area (Å²) in [7, 11) is 1.27. The van der Waals surface area contributed by atoms with Crippen LogP contribution in [0.15, 0.2) is 78.9 Å². The number of hydrogen-bond donors (Lipinski definition) is 0. The summed E-state index contributed by atoms with van der Waals surface area (Å²) in [5.41, 5.74) is 0.941. The number of alkyl halides is 3. The summed E-state index contributed by atoms with van der Waals surface area (Å²) in [5, 5.41) is 14.0. The largest absolute Gasteiger partial charge is 0.478 e. The van der Waals surface area contributed by atoms with Crippen molar-refractivity contribution in [3.63, 3.8) is 0 Å². The van der Waals surface area contributed by atoms with Crippen LogP contribution in [0, 0.1) is 10.1 Å². The quantitative estimate of drug-likeness (QED) is 0.134. The summed E-state index contributed by atoms with van der Waals surface area (Å²) in [6.07, 6.45) is -5.03. The number of esters is 1. The number of benzene rings is 4. The number of aryl methyl sites for hydroxylation is 1. The number of fused-ring (bicyclic) bond motifs is 1. The molecule has 0 aromatic heterocycles. The van der Waals surface area contributed by atoms with Crippen molar-refractivity contribution in [1.29, 1.82) is 0 Å². The van der Waals surface area contributed by atoms with E-state index in [0.717, 1.165) is 22.9 Å². The third-order valence-electron chi connectivity index (χ3n) is 6.23. The molecule has 0 radical (unpaired) electrons. The first-order chi connectivity index (χ1) is 18.1. The number of ether oxygens (including phenoxy) is 2. The molecular weight excluding hydrogens is 499 g/mol. The van der Waals surface area contributed by atoms with Crippen molar-refractivity contribution < 1.29 is 32.4 Å². The average molecular weight is 524 g/mol. The number of nitro groups is 1. The molecule has 196 valence electrons. The Hall–Kier alpha value is -4.40. The highest BCUT2D eigenvalue weighted by Gasteiger charge is 2.30. The highest BCUT2D eigenvalue weighted by molar-refractivity contribution is 5.89. The fraction of sp³-hybridized carbons (Fsp3) is 0.207. The predicted octanol–water partition coefficient (Wildman–Crippen LogP) is 7.68. The van der Waals surface area contributed by atoms with Gasteiger partial charge in [-0.1, -0.05) is 48.5 Å². The molecule has 0 heterocycles. The number of nitro benzene ring substituents is 1. The van der Waals surface area contributed by atoms with Gasteiger partial charge in [0.15, 0.2) is 0 Å². The van der Waals surface area contributed by atoms with Crippen LogP contribution in [0.1, 0.15) is 36.1 Å². The molecule has 4 rings (SSSR count). The van der Waals surface area contributed by atoms with E-state index < -0.39 is 28.7 Å². The van der Waals surface area contributed by atoms with Crippen LogP contribution in [0.4, 0.5) is 18.9 Å². The van der Waals surface area contributed by atoms with Crippen LogP contribution in [-0.2, 0) is 22.1 Å². The maximum absolute atomic E-state index is 13.0. The average Bonchev–Trinajstić information content (AvgIpc) is 2.91. The van der Waals surface area contributed by atoms with Gasteiger partial charge in [-0.3, -0.25) is 14.9 Å². The minimum atomic E-state index is -4.48. The van der Waals surface area contributed by atoms with Gasteiger partial charge < -0.3 is 9.47 Å². The number of hydrogen-bond acceptors (Lipinski definition) is 5. The first kappa shape index (κ1) is 26.7. The van der Waals surface area contributed by atoms with Crippen LogP contribution < -0.4 is 4.74 Å². The maximum atomic E-state index is 13.0. The molecule has 0 spiro atoms. The zero-order chi connectivity index (χ0) is 27.4. The van der Waals surface area contributed by atoms with Gasteiger partial charge >= 0.3 is 17.8 Å². The fourth-order valence-electron chi connectivity index (χ4n) is 4.18. The van der Waals surface area contributed by atoms with Gasteiger partial charge in [0, 0.05) is 18.1 Å². The van der Waals surface area contributed by atoms with Gasteiger partial charge in [-0.15, -0.1) is 0 Å². The summed E-state index contributed by atoms with van der Waals surface area (Å²) >= 11 is 0. The van der Waals surface area contributed by atoms with Crippen LogP contribution in [-0.4, -0.2) is 18.0 Å². The second-order valence-electron chi connectivity index (χ2n) is 8.77. The van der Waals surface area contributed by atoms with Gasteiger partial charge in [-0.25, -0.2) is 0 Å². The van der Waals surface area contributed by atoms with E-state index in [2.05, 4.69) is 0 Å². The van der Waals surface area contributed by atoms with Crippen LogP contribution in [0.3, 0.4) is 0 Å². The molecule has 4 aromatic carbocycles. The van der Waals surface area contributed by atoms with E-state index in [4.69, 9.17) is 9.47 Å². The van der Waals surface area contributed by atoms with Gasteiger partial charge in [0.2, 0.25) is 5.75 Å². The van der Waals surface area contributed by atoms with E-state index in [-0.39, 0.29) is 24.3 Å². The van der Waals surface area contributed by atoms with Crippen molar-refractivity contribution >= 4 is 22.4 Å². The summed E-state index contributed by atoms with van der Waals surface area (Å²) in [6, 6.07) is 20.8. The standard InChI is InChI=1S/C29H24F3NO5/c1-18(20-10-12-24(13-11-20)29(30,31)32)38-28-25(23-9-8-21-5-3-4-6-22(21)17-23)15-19(7-14-27(34)37-2)16-26(28)33(35)36/h3-6,8-13,15-18H,7,14H2,1-2H3. The highest BCUT2D eigenvalue weighted by Crippen LogP contribution is 2.43. The van der Waals surface area contributed by atoms with Crippen molar-refractivity contribution in [2.45, 2.75) is 32.0 Å². The molecule has 38 heavy (non-hydrogen) atoms. The predicted molar refractivity (Wildman–Crippen MR) is 137 cm³/mol. The number of halogens is 3. The Kier molecular flexibility index (Phi) is 7.66. The number of carbonyl (C=O) groups excluding carboxylic acids is 1. The van der Waals surface area contributed by atoms with E-state index in [0.29, 0.717) is 22.3 Å². The SMILES string of the molecule is COC(=O)CCc1cc(-c2ccc3ccccc3c2)c(OC(C)c2ccc(C(F)(F)F)cc2)c([N+](=O)[O-])c1. The molecular formula is C29H24F3NO5. The van der Waals surface area contributed by atoms with Crippen molar-refractivity contribution in [1.82, 2.24) is 0 Å². The Morgan fingerprint density at radius 3 is 2.29 bits per heavy atom. The van der Waals surface area contributed by atoms with E-state index in [1.165, 1.54) is 25.3 Å². The lowest BCUT2D eigenvalue weighted by Crippen LogP contribution is -2.09. The van der Waals surface area contributed by atoms with Crippen molar-refractivity contribution in [3.8, 4) is 16.9 Å². The first-order valence-corrected chi connectivity index (χ1v) is 11.8. The van der Waals surface area contributed by atoms with Crippen LogP contribution in [0.25, 0.3) is 21.9 Å². The van der Waals surface area contributed by atoms with Crippen molar-refractivity contribution in [2.24, 2.45) is 0 Å². The molecule has 0 bridgehead atoms. The van der Waals surface area contributed by atoms with Gasteiger partial charge in [-0.05, 0) is 65.1 Å². The molecule has 1 unspecified atom stereocenters. The summed E-state index contributed by atoms with van der Waals surface area (Å²) in [4.78, 5) is 23.3. The van der Waals surface area contributed by atoms with Crippen LogP contribution >= 0.6 is 0 Å². The molecule has 9 heteroatoms. The Morgan fingerprint density at radius 2 is 1.66 bits per heavy atom. The molecule has 0 N–H and O–H groups in total. The molecule has 0 aliphatic heterocycles. The second-order valence-corrected chi connectivity index (χ2v) is 8.77.